The van der Waals surface area contributed by atoms with Crippen molar-refractivity contribution >= 4 is 39.1 Å². The first-order valence-electron chi connectivity index (χ1n) is 12.9. The van der Waals surface area contributed by atoms with E-state index in [2.05, 4.69) is 15.3 Å². The first kappa shape index (κ1) is 23.6. The molecule has 11 heteroatoms. The Morgan fingerprint density at radius 3 is 2.72 bits per heavy atom. The van der Waals surface area contributed by atoms with Crippen LogP contribution in [0.1, 0.15) is 42.5 Å². The number of amides is 1. The summed E-state index contributed by atoms with van der Waals surface area (Å²) in [5, 5.41) is 8.46. The molecule has 1 atom stereocenters. The number of nitrogens with zero attached hydrogens (tertiary/aromatic N) is 5. The normalized spacial score (nSPS) is 25.0. The van der Waals surface area contributed by atoms with Gasteiger partial charge in [-0.1, -0.05) is 0 Å². The number of anilines is 2. The van der Waals surface area contributed by atoms with Crippen LogP contribution in [0.25, 0.3) is 10.2 Å². The van der Waals surface area contributed by atoms with E-state index in [0.29, 0.717) is 24.3 Å². The number of hydrogen-bond acceptors (Lipinski definition) is 9. The highest BCUT2D eigenvalue weighted by Gasteiger charge is 2.32. The number of fused-ring (bicyclic) bond motifs is 3. The fraction of sp³-hybridized carbons (Fsp3) is 0.600. The fourth-order valence-electron chi connectivity index (χ4n) is 5.77. The second-order valence-corrected chi connectivity index (χ2v) is 11.2. The van der Waals surface area contributed by atoms with Gasteiger partial charge in [-0.15, -0.1) is 11.3 Å². The van der Waals surface area contributed by atoms with Crippen LogP contribution in [0.4, 0.5) is 11.6 Å². The van der Waals surface area contributed by atoms with Gasteiger partial charge in [-0.25, -0.2) is 4.98 Å². The summed E-state index contributed by atoms with van der Waals surface area (Å²) in [6.45, 7) is 3.71. The number of rotatable bonds is 6. The summed E-state index contributed by atoms with van der Waals surface area (Å²) in [6.07, 6.45) is 10.2. The SMILES string of the molecule is Cn1cc(Nc2nc(OC3CCC(N4CCOCC4)CC3)c3c4c(sc3n2)CC[C@H](C(N)=O)C4)cn1. The smallest absolute Gasteiger partial charge is 0.232 e. The number of aryl methyl sites for hydroxylation is 2. The van der Waals surface area contributed by atoms with Crippen LogP contribution in [0.15, 0.2) is 12.4 Å². The van der Waals surface area contributed by atoms with E-state index in [-0.39, 0.29) is 17.9 Å². The van der Waals surface area contributed by atoms with Gasteiger partial charge in [0.1, 0.15) is 10.9 Å². The number of primary amides is 1. The molecule has 3 aromatic heterocycles. The van der Waals surface area contributed by atoms with E-state index >= 15 is 0 Å². The van der Waals surface area contributed by atoms with Gasteiger partial charge in [0, 0.05) is 43.2 Å². The maximum absolute atomic E-state index is 12.0. The average molecular weight is 512 g/mol. The number of ether oxygens (including phenoxy) is 2. The molecular formula is C25H33N7O3S. The molecule has 0 unspecified atom stereocenters. The molecule has 1 saturated carbocycles. The summed E-state index contributed by atoms with van der Waals surface area (Å²) in [5.41, 5.74) is 7.64. The third-order valence-electron chi connectivity index (χ3n) is 7.72. The summed E-state index contributed by atoms with van der Waals surface area (Å²) in [6, 6.07) is 0.604. The first-order chi connectivity index (χ1) is 17.5. The maximum atomic E-state index is 12.0. The summed E-state index contributed by atoms with van der Waals surface area (Å²) < 4.78 is 13.9. The Morgan fingerprint density at radius 1 is 1.19 bits per heavy atom. The molecule has 192 valence electrons. The van der Waals surface area contributed by atoms with Gasteiger partial charge >= 0.3 is 0 Å². The van der Waals surface area contributed by atoms with Gasteiger partial charge in [-0.3, -0.25) is 14.4 Å². The third kappa shape index (κ3) is 4.79. The highest BCUT2D eigenvalue weighted by Crippen LogP contribution is 2.42. The predicted molar refractivity (Wildman–Crippen MR) is 138 cm³/mol. The average Bonchev–Trinajstić information content (AvgIpc) is 3.47. The van der Waals surface area contributed by atoms with Gasteiger partial charge in [0.2, 0.25) is 17.7 Å². The Hall–Kier alpha value is -2.76. The Balaban J connectivity index is 1.28. The Morgan fingerprint density at radius 2 is 2.00 bits per heavy atom. The number of thiophene rings is 1. The van der Waals surface area contributed by atoms with Gasteiger partial charge in [0.25, 0.3) is 0 Å². The number of carbonyl (C=O) groups excluding carboxylic acids is 1. The summed E-state index contributed by atoms with van der Waals surface area (Å²) >= 11 is 1.68. The number of hydrogen-bond donors (Lipinski definition) is 2. The molecule has 10 nitrogen and oxygen atoms in total. The highest BCUT2D eigenvalue weighted by molar-refractivity contribution is 7.18. The number of aromatic nitrogens is 4. The Bertz CT molecular complexity index is 1240. The zero-order valence-corrected chi connectivity index (χ0v) is 21.4. The molecule has 1 aliphatic heterocycles. The Kier molecular flexibility index (Phi) is 6.53. The van der Waals surface area contributed by atoms with Gasteiger partial charge in [0.15, 0.2) is 0 Å². The molecule has 1 amide bonds. The van der Waals surface area contributed by atoms with Crippen LogP contribution in [0, 0.1) is 5.92 Å². The van der Waals surface area contributed by atoms with Gasteiger partial charge < -0.3 is 20.5 Å². The van der Waals surface area contributed by atoms with Crippen molar-refractivity contribution in [3.63, 3.8) is 0 Å². The maximum Gasteiger partial charge on any atom is 0.232 e. The standard InChI is InChI=1S/C25H33N7O3S/c1-31-14-16(13-27-31)28-25-29-23(35-18-5-3-17(4-6-18)32-8-10-34-11-9-32)21-19-12-15(22(26)33)2-7-20(19)36-24(21)30-25/h13-15,17-18H,2-12H2,1H3,(H2,26,33)(H,28,29,30)/t15-,17?,18?/m0/s1. The van der Waals surface area contributed by atoms with Crippen molar-refractivity contribution in [2.45, 2.75) is 57.1 Å². The van der Waals surface area contributed by atoms with E-state index < -0.39 is 0 Å². The van der Waals surface area contributed by atoms with Crippen LogP contribution in [-0.4, -0.2) is 69.0 Å². The lowest BCUT2D eigenvalue weighted by molar-refractivity contribution is -0.122. The number of nitrogens with one attached hydrogen (secondary N) is 1. The minimum atomic E-state index is -0.236. The molecule has 6 rings (SSSR count). The van der Waals surface area contributed by atoms with Crippen LogP contribution in [0.3, 0.4) is 0 Å². The van der Waals surface area contributed by atoms with Crippen molar-refractivity contribution in [2.24, 2.45) is 18.7 Å². The molecule has 3 N–H and O–H groups in total. The molecule has 0 spiro atoms. The number of nitrogens with two attached hydrogens (primary N) is 1. The van der Waals surface area contributed by atoms with Crippen LogP contribution in [-0.2, 0) is 29.4 Å². The lowest BCUT2D eigenvalue weighted by Gasteiger charge is -2.38. The van der Waals surface area contributed by atoms with Crippen LogP contribution < -0.4 is 15.8 Å². The van der Waals surface area contributed by atoms with Crippen molar-refractivity contribution in [1.29, 1.82) is 0 Å². The second kappa shape index (κ2) is 9.95. The van der Waals surface area contributed by atoms with Crippen LogP contribution in [0.5, 0.6) is 5.88 Å². The minimum absolute atomic E-state index is 0.109. The molecule has 4 heterocycles. The molecule has 2 aliphatic carbocycles. The molecule has 0 radical (unpaired) electrons. The lowest BCUT2D eigenvalue weighted by Crippen LogP contribution is -2.46. The third-order valence-corrected chi connectivity index (χ3v) is 8.90. The molecular weight excluding hydrogens is 478 g/mol. The number of carbonyl (C=O) groups is 1. The van der Waals surface area contributed by atoms with Crippen molar-refractivity contribution in [3.8, 4) is 5.88 Å². The zero-order valence-electron chi connectivity index (χ0n) is 20.6. The van der Waals surface area contributed by atoms with Gasteiger partial charge in [-0.05, 0) is 50.5 Å². The molecule has 2 fully saturated rings. The Labute approximate surface area is 214 Å². The van der Waals surface area contributed by atoms with Gasteiger partial charge in [0.05, 0.1) is 30.5 Å². The molecule has 36 heavy (non-hydrogen) atoms. The predicted octanol–water partition coefficient (Wildman–Crippen LogP) is 2.78. The second-order valence-electron chi connectivity index (χ2n) is 10.1. The molecule has 3 aromatic rings. The summed E-state index contributed by atoms with van der Waals surface area (Å²) in [7, 11) is 1.87. The first-order valence-corrected chi connectivity index (χ1v) is 13.7. The summed E-state index contributed by atoms with van der Waals surface area (Å²) in [4.78, 5) is 26.4. The van der Waals surface area contributed by atoms with Crippen LogP contribution in [0.2, 0.25) is 0 Å². The van der Waals surface area contributed by atoms with E-state index in [4.69, 9.17) is 25.2 Å². The van der Waals surface area contributed by atoms with Crippen molar-refractivity contribution in [1.82, 2.24) is 24.6 Å². The van der Waals surface area contributed by atoms with E-state index in [1.165, 1.54) is 4.88 Å². The lowest BCUT2D eigenvalue weighted by atomic mass is 9.87. The quantitative estimate of drug-likeness (QED) is 0.518. The topological polar surface area (TPSA) is 120 Å². The molecule has 0 aromatic carbocycles. The highest BCUT2D eigenvalue weighted by atomic mass is 32.1. The molecule has 1 saturated heterocycles. The largest absolute Gasteiger partial charge is 0.474 e. The minimum Gasteiger partial charge on any atom is -0.474 e. The van der Waals surface area contributed by atoms with E-state index in [0.717, 1.165) is 86.3 Å². The van der Waals surface area contributed by atoms with E-state index in [1.807, 2.05) is 13.2 Å². The monoisotopic (exact) mass is 511 g/mol. The summed E-state index contributed by atoms with van der Waals surface area (Å²) in [5.74, 6) is 0.723. The van der Waals surface area contributed by atoms with Crippen molar-refractivity contribution in [3.05, 3.63) is 22.8 Å². The van der Waals surface area contributed by atoms with Crippen LogP contribution >= 0.6 is 11.3 Å². The van der Waals surface area contributed by atoms with E-state index in [1.54, 1.807) is 22.2 Å². The number of morpholine rings is 1. The molecule has 3 aliphatic rings. The van der Waals surface area contributed by atoms with Gasteiger partial charge in [-0.2, -0.15) is 10.1 Å². The fourth-order valence-corrected chi connectivity index (χ4v) is 6.98. The molecule has 0 bridgehead atoms. The van der Waals surface area contributed by atoms with Crippen molar-refractivity contribution in [2.75, 3.05) is 31.6 Å². The van der Waals surface area contributed by atoms with Crippen molar-refractivity contribution < 1.29 is 14.3 Å². The van der Waals surface area contributed by atoms with E-state index in [9.17, 15) is 4.79 Å². The zero-order chi connectivity index (χ0) is 24.6.